The highest BCUT2D eigenvalue weighted by Gasteiger charge is 2.30. The maximum Gasteiger partial charge on any atom is 0.243 e. The molecule has 126 valence electrons. The van der Waals surface area contributed by atoms with Crippen LogP contribution in [-0.4, -0.2) is 55.5 Å². The third kappa shape index (κ3) is 4.53. The number of Topliss-reactive ketones (excluding diaryl/α,β-unsaturated/α-hetero) is 1. The molecule has 6 nitrogen and oxygen atoms in total. The number of amides is 1. The summed E-state index contributed by atoms with van der Waals surface area (Å²) in [6.45, 7) is 2.58. The molecule has 1 heterocycles. The molecule has 0 spiro atoms. The van der Waals surface area contributed by atoms with Gasteiger partial charge in [-0.25, -0.2) is 8.42 Å². The summed E-state index contributed by atoms with van der Waals surface area (Å²) in [5.74, 6) is -0.138. The fraction of sp³-hybridized carbons (Fsp3) is 0.467. The standard InChI is InChI=1S/C15H19ClN2O4S/c1-12(19)5-6-15(20)17-7-9-18(10-8-17)23(21,22)14-4-2-3-13(16)11-14/h2-4,11H,5-10H2,1H3. The van der Waals surface area contributed by atoms with Gasteiger partial charge >= 0.3 is 0 Å². The van der Waals surface area contributed by atoms with E-state index in [2.05, 4.69) is 0 Å². The number of benzene rings is 1. The molecule has 1 aliphatic rings. The van der Waals surface area contributed by atoms with E-state index in [4.69, 9.17) is 11.6 Å². The van der Waals surface area contributed by atoms with E-state index in [0.29, 0.717) is 18.1 Å². The fourth-order valence-corrected chi connectivity index (χ4v) is 4.12. The van der Waals surface area contributed by atoms with Crippen molar-refractivity contribution in [2.24, 2.45) is 0 Å². The molecular weight excluding hydrogens is 340 g/mol. The Hall–Kier alpha value is -1.44. The Morgan fingerprint density at radius 1 is 1.13 bits per heavy atom. The van der Waals surface area contributed by atoms with E-state index < -0.39 is 10.0 Å². The fourth-order valence-electron chi connectivity index (χ4n) is 2.40. The van der Waals surface area contributed by atoms with Gasteiger partial charge in [-0.15, -0.1) is 0 Å². The highest BCUT2D eigenvalue weighted by atomic mass is 35.5. The summed E-state index contributed by atoms with van der Waals surface area (Å²) < 4.78 is 26.5. The lowest BCUT2D eigenvalue weighted by Gasteiger charge is -2.34. The van der Waals surface area contributed by atoms with E-state index in [-0.39, 0.29) is 42.5 Å². The van der Waals surface area contributed by atoms with Crippen LogP contribution < -0.4 is 0 Å². The van der Waals surface area contributed by atoms with Gasteiger partial charge in [-0.3, -0.25) is 4.79 Å². The zero-order chi connectivity index (χ0) is 17.0. The Morgan fingerprint density at radius 2 is 1.78 bits per heavy atom. The first kappa shape index (κ1) is 17.9. The van der Waals surface area contributed by atoms with Crippen molar-refractivity contribution < 1.29 is 18.0 Å². The van der Waals surface area contributed by atoms with Crippen molar-refractivity contribution in [2.75, 3.05) is 26.2 Å². The summed E-state index contributed by atoms with van der Waals surface area (Å²) in [4.78, 5) is 24.6. The summed E-state index contributed by atoms with van der Waals surface area (Å²) in [6.07, 6.45) is 0.399. The molecule has 0 atom stereocenters. The third-order valence-electron chi connectivity index (χ3n) is 3.72. The molecule has 0 aliphatic carbocycles. The minimum Gasteiger partial charge on any atom is -0.340 e. The predicted molar refractivity (Wildman–Crippen MR) is 86.7 cm³/mol. The van der Waals surface area contributed by atoms with Gasteiger partial charge in [0.1, 0.15) is 5.78 Å². The van der Waals surface area contributed by atoms with Crippen LogP contribution in [0, 0.1) is 0 Å². The quantitative estimate of drug-likeness (QED) is 0.800. The number of nitrogens with zero attached hydrogens (tertiary/aromatic N) is 2. The molecule has 1 saturated heterocycles. The van der Waals surface area contributed by atoms with Crippen molar-refractivity contribution in [3.05, 3.63) is 29.3 Å². The number of halogens is 1. The monoisotopic (exact) mass is 358 g/mol. The smallest absolute Gasteiger partial charge is 0.243 e. The first-order chi connectivity index (χ1) is 10.8. The summed E-state index contributed by atoms with van der Waals surface area (Å²) in [5, 5.41) is 0.365. The van der Waals surface area contributed by atoms with Crippen LogP contribution in [0.5, 0.6) is 0 Å². The molecule has 1 aromatic carbocycles. The largest absolute Gasteiger partial charge is 0.340 e. The minimum absolute atomic E-state index is 0.0273. The molecule has 0 radical (unpaired) electrons. The van der Waals surface area contributed by atoms with Gasteiger partial charge in [0.25, 0.3) is 0 Å². The molecule has 0 aromatic heterocycles. The second-order valence-electron chi connectivity index (χ2n) is 5.44. The van der Waals surface area contributed by atoms with Crippen LogP contribution in [0.4, 0.5) is 0 Å². The summed E-state index contributed by atoms with van der Waals surface area (Å²) in [7, 11) is -3.60. The predicted octanol–water partition coefficient (Wildman–Crippen LogP) is 1.54. The van der Waals surface area contributed by atoms with E-state index in [9.17, 15) is 18.0 Å². The molecule has 0 bridgehead atoms. The Bertz CT molecular complexity index is 697. The van der Waals surface area contributed by atoms with E-state index in [1.807, 2.05) is 0 Å². The molecular formula is C15H19ClN2O4S. The van der Waals surface area contributed by atoms with Gasteiger partial charge in [-0.1, -0.05) is 17.7 Å². The molecule has 2 rings (SSSR count). The van der Waals surface area contributed by atoms with Gasteiger partial charge in [0.2, 0.25) is 15.9 Å². The number of carbonyl (C=O) groups is 2. The maximum absolute atomic E-state index is 12.6. The molecule has 0 unspecified atom stereocenters. The van der Waals surface area contributed by atoms with Crippen molar-refractivity contribution in [2.45, 2.75) is 24.7 Å². The molecule has 1 amide bonds. The first-order valence-electron chi connectivity index (χ1n) is 7.33. The number of sulfonamides is 1. The lowest BCUT2D eigenvalue weighted by Crippen LogP contribution is -2.50. The minimum atomic E-state index is -3.60. The molecule has 8 heteroatoms. The van der Waals surface area contributed by atoms with Crippen molar-refractivity contribution in [1.82, 2.24) is 9.21 Å². The number of hydrogen-bond acceptors (Lipinski definition) is 4. The van der Waals surface area contributed by atoms with Crippen LogP contribution in [0.15, 0.2) is 29.2 Å². The normalized spacial score (nSPS) is 16.3. The molecule has 23 heavy (non-hydrogen) atoms. The van der Waals surface area contributed by atoms with Crippen LogP contribution in [0.1, 0.15) is 19.8 Å². The van der Waals surface area contributed by atoms with Crippen LogP contribution in [-0.2, 0) is 19.6 Å². The van der Waals surface area contributed by atoms with Crippen LogP contribution in [0.3, 0.4) is 0 Å². The van der Waals surface area contributed by atoms with Crippen molar-refractivity contribution >= 4 is 33.3 Å². The zero-order valence-electron chi connectivity index (χ0n) is 12.9. The number of carbonyl (C=O) groups excluding carboxylic acids is 2. The summed E-state index contributed by atoms with van der Waals surface area (Å²) in [5.41, 5.74) is 0. The van der Waals surface area contributed by atoms with Gasteiger partial charge in [-0.2, -0.15) is 4.31 Å². The molecule has 1 aliphatic heterocycles. The number of piperazine rings is 1. The lowest BCUT2D eigenvalue weighted by molar-refractivity contribution is -0.134. The molecule has 1 aromatic rings. The zero-order valence-corrected chi connectivity index (χ0v) is 14.4. The second kappa shape index (κ2) is 7.42. The lowest BCUT2D eigenvalue weighted by atomic mass is 10.2. The van der Waals surface area contributed by atoms with Crippen LogP contribution >= 0.6 is 11.6 Å². The van der Waals surface area contributed by atoms with E-state index in [1.165, 1.54) is 23.4 Å². The van der Waals surface area contributed by atoms with E-state index >= 15 is 0 Å². The van der Waals surface area contributed by atoms with Crippen LogP contribution in [0.25, 0.3) is 0 Å². The molecule has 0 N–H and O–H groups in total. The van der Waals surface area contributed by atoms with E-state index in [1.54, 1.807) is 17.0 Å². The number of hydrogen-bond donors (Lipinski definition) is 0. The Balaban J connectivity index is 1.98. The SMILES string of the molecule is CC(=O)CCC(=O)N1CCN(S(=O)(=O)c2cccc(Cl)c2)CC1. The Labute approximate surface area is 141 Å². The topological polar surface area (TPSA) is 74.8 Å². The highest BCUT2D eigenvalue weighted by Crippen LogP contribution is 2.21. The van der Waals surface area contributed by atoms with Gasteiger partial charge in [0.15, 0.2) is 0 Å². The second-order valence-corrected chi connectivity index (χ2v) is 7.82. The molecule has 0 saturated carbocycles. The van der Waals surface area contributed by atoms with Crippen molar-refractivity contribution in [3.63, 3.8) is 0 Å². The van der Waals surface area contributed by atoms with Crippen molar-refractivity contribution in [1.29, 1.82) is 0 Å². The summed E-state index contributed by atoms with van der Waals surface area (Å²) >= 11 is 5.85. The first-order valence-corrected chi connectivity index (χ1v) is 9.15. The van der Waals surface area contributed by atoms with Gasteiger partial charge in [-0.05, 0) is 25.1 Å². The average Bonchev–Trinajstić information content (AvgIpc) is 2.52. The maximum atomic E-state index is 12.6. The summed E-state index contributed by atoms with van der Waals surface area (Å²) in [6, 6.07) is 6.13. The third-order valence-corrected chi connectivity index (χ3v) is 5.85. The van der Waals surface area contributed by atoms with Gasteiger partial charge < -0.3 is 9.69 Å². The Kier molecular flexibility index (Phi) is 5.78. The van der Waals surface area contributed by atoms with E-state index in [0.717, 1.165) is 0 Å². The molecule has 1 fully saturated rings. The van der Waals surface area contributed by atoms with Gasteiger partial charge in [0.05, 0.1) is 4.90 Å². The number of ketones is 1. The highest BCUT2D eigenvalue weighted by molar-refractivity contribution is 7.89. The number of rotatable bonds is 5. The van der Waals surface area contributed by atoms with Gasteiger partial charge in [0, 0.05) is 44.0 Å². The van der Waals surface area contributed by atoms with Crippen molar-refractivity contribution in [3.8, 4) is 0 Å². The average molecular weight is 359 g/mol. The van der Waals surface area contributed by atoms with Crippen LogP contribution in [0.2, 0.25) is 5.02 Å². The Morgan fingerprint density at radius 3 is 2.35 bits per heavy atom.